The molecule has 164 valence electrons. The molecule has 2 aromatic rings. The molecule has 2 aliphatic carbocycles. The Morgan fingerprint density at radius 1 is 0.800 bits per heavy atom. The minimum absolute atomic E-state index is 0.00770. The molecular weight excluding hydrogens is 371 g/mol. The molecule has 2 fully saturated rings. The molecule has 2 aromatic carbocycles. The first kappa shape index (κ1) is 21.7. The molecule has 0 aliphatic heterocycles. The van der Waals surface area contributed by atoms with E-state index < -0.39 is 0 Å². The molecule has 2 aliphatic rings. The van der Waals surface area contributed by atoms with Crippen molar-refractivity contribution in [3.63, 3.8) is 0 Å². The summed E-state index contributed by atoms with van der Waals surface area (Å²) in [5, 5.41) is 1.68. The van der Waals surface area contributed by atoms with Crippen LogP contribution in [0.2, 0.25) is 0 Å². The van der Waals surface area contributed by atoms with Gasteiger partial charge in [-0.1, -0.05) is 64.0 Å². The Bertz CT molecular complexity index is 813. The van der Waals surface area contributed by atoms with Crippen molar-refractivity contribution in [1.29, 1.82) is 0 Å². The molecule has 0 unspecified atom stereocenters. The Hall–Kier alpha value is -1.57. The number of rotatable bonds is 7. The van der Waals surface area contributed by atoms with Gasteiger partial charge in [0.25, 0.3) is 0 Å². The standard InChI is InChI=1S/C28H39FO/c1-3-20-5-7-21(8-6-20)9-10-22-11-13-23(14-12-22)26-17-15-24-19-25(30-4-2)16-18-27(24)28(26)29/h15-23H,3-14H2,1-2H3. The van der Waals surface area contributed by atoms with Crippen LogP contribution >= 0.6 is 0 Å². The molecular formula is C28H39FO. The first-order valence-electron chi connectivity index (χ1n) is 12.5. The molecule has 0 radical (unpaired) electrons. The number of benzene rings is 2. The number of hydrogen-bond donors (Lipinski definition) is 0. The molecule has 0 bridgehead atoms. The lowest BCUT2D eigenvalue weighted by atomic mass is 9.74. The number of ether oxygens (including phenoxy) is 1. The van der Waals surface area contributed by atoms with Crippen LogP contribution in [-0.4, -0.2) is 6.61 Å². The first-order valence-corrected chi connectivity index (χ1v) is 12.5. The summed E-state index contributed by atoms with van der Waals surface area (Å²) in [5.74, 6) is 4.04. The zero-order chi connectivity index (χ0) is 20.9. The number of fused-ring (bicyclic) bond motifs is 1. The SMILES string of the molecule is CCOc1ccc2c(F)c(C3CCC(CCC4CCC(CC)CC4)CC3)ccc2c1. The van der Waals surface area contributed by atoms with E-state index in [0.717, 1.165) is 52.7 Å². The summed E-state index contributed by atoms with van der Waals surface area (Å²) < 4.78 is 20.8. The number of halogens is 1. The summed E-state index contributed by atoms with van der Waals surface area (Å²) >= 11 is 0. The quantitative estimate of drug-likeness (QED) is 0.444. The van der Waals surface area contributed by atoms with Crippen molar-refractivity contribution in [2.45, 2.75) is 90.4 Å². The molecule has 1 nitrogen and oxygen atoms in total. The third kappa shape index (κ3) is 5.01. The maximum atomic E-state index is 15.3. The molecule has 0 atom stereocenters. The van der Waals surface area contributed by atoms with Crippen LogP contribution in [0.3, 0.4) is 0 Å². The maximum absolute atomic E-state index is 15.3. The van der Waals surface area contributed by atoms with Crippen LogP contribution in [0.25, 0.3) is 10.8 Å². The normalized spacial score (nSPS) is 27.3. The minimum atomic E-state index is -0.00770. The van der Waals surface area contributed by atoms with Gasteiger partial charge in [0.2, 0.25) is 0 Å². The van der Waals surface area contributed by atoms with Crippen LogP contribution in [0, 0.1) is 23.6 Å². The van der Waals surface area contributed by atoms with E-state index in [2.05, 4.69) is 13.0 Å². The molecule has 30 heavy (non-hydrogen) atoms. The van der Waals surface area contributed by atoms with Crippen molar-refractivity contribution >= 4 is 10.8 Å². The maximum Gasteiger partial charge on any atom is 0.134 e. The lowest BCUT2D eigenvalue weighted by molar-refractivity contribution is 0.227. The van der Waals surface area contributed by atoms with Crippen molar-refractivity contribution in [3.8, 4) is 5.75 Å². The van der Waals surface area contributed by atoms with Crippen LogP contribution < -0.4 is 4.74 Å². The van der Waals surface area contributed by atoms with Crippen LogP contribution in [-0.2, 0) is 0 Å². The molecule has 0 N–H and O–H groups in total. The van der Waals surface area contributed by atoms with Gasteiger partial charge in [-0.25, -0.2) is 4.39 Å². The van der Waals surface area contributed by atoms with Crippen LogP contribution in [0.1, 0.15) is 96.0 Å². The van der Waals surface area contributed by atoms with Gasteiger partial charge in [-0.05, 0) is 85.4 Å². The fraction of sp³-hybridized carbons (Fsp3) is 0.643. The Morgan fingerprint density at radius 2 is 1.43 bits per heavy atom. The molecule has 0 aromatic heterocycles. The third-order valence-electron chi connectivity index (χ3n) is 8.08. The van der Waals surface area contributed by atoms with E-state index in [0.29, 0.717) is 12.5 Å². The van der Waals surface area contributed by atoms with Gasteiger partial charge in [0.1, 0.15) is 11.6 Å². The van der Waals surface area contributed by atoms with Gasteiger partial charge in [0.05, 0.1) is 6.61 Å². The van der Waals surface area contributed by atoms with Gasteiger partial charge < -0.3 is 4.74 Å². The molecule has 0 spiro atoms. The Kier molecular flexibility index (Phi) is 7.33. The Balaban J connectivity index is 1.31. The van der Waals surface area contributed by atoms with Crippen molar-refractivity contribution < 1.29 is 9.13 Å². The Labute approximate surface area is 182 Å². The molecule has 2 heteroatoms. The van der Waals surface area contributed by atoms with Gasteiger partial charge in [-0.15, -0.1) is 0 Å². The molecule has 2 saturated carbocycles. The van der Waals surface area contributed by atoms with E-state index in [1.54, 1.807) is 0 Å². The molecule has 0 amide bonds. The lowest BCUT2D eigenvalue weighted by Crippen LogP contribution is -2.18. The summed E-state index contributed by atoms with van der Waals surface area (Å²) in [4.78, 5) is 0. The first-order chi connectivity index (χ1) is 14.7. The fourth-order valence-corrected chi connectivity index (χ4v) is 6.02. The topological polar surface area (TPSA) is 9.23 Å². The van der Waals surface area contributed by atoms with Crippen molar-refractivity contribution in [1.82, 2.24) is 0 Å². The second kappa shape index (κ2) is 10.2. The summed E-state index contributed by atoms with van der Waals surface area (Å²) in [5.41, 5.74) is 0.933. The molecule has 0 saturated heterocycles. The van der Waals surface area contributed by atoms with E-state index in [1.165, 1.54) is 57.8 Å². The smallest absolute Gasteiger partial charge is 0.134 e. The van der Waals surface area contributed by atoms with E-state index in [9.17, 15) is 0 Å². The van der Waals surface area contributed by atoms with Gasteiger partial charge in [0, 0.05) is 5.39 Å². The van der Waals surface area contributed by atoms with Crippen molar-refractivity contribution in [2.75, 3.05) is 6.61 Å². The predicted octanol–water partition coefficient (Wildman–Crippen LogP) is 8.65. The van der Waals surface area contributed by atoms with Crippen LogP contribution in [0.15, 0.2) is 30.3 Å². The largest absolute Gasteiger partial charge is 0.494 e. The average Bonchev–Trinajstić information content (AvgIpc) is 2.79. The Morgan fingerprint density at radius 3 is 2.07 bits per heavy atom. The second-order valence-corrected chi connectivity index (χ2v) is 9.87. The van der Waals surface area contributed by atoms with Gasteiger partial charge >= 0.3 is 0 Å². The summed E-state index contributed by atoms with van der Waals surface area (Å²) in [6.45, 7) is 4.95. The van der Waals surface area contributed by atoms with E-state index in [-0.39, 0.29) is 5.82 Å². The highest BCUT2D eigenvalue weighted by Crippen LogP contribution is 2.41. The summed E-state index contributed by atoms with van der Waals surface area (Å²) in [6.07, 6.45) is 14.9. The molecule has 4 rings (SSSR count). The lowest BCUT2D eigenvalue weighted by Gasteiger charge is -2.32. The van der Waals surface area contributed by atoms with Crippen molar-refractivity contribution in [2.24, 2.45) is 17.8 Å². The van der Waals surface area contributed by atoms with Crippen LogP contribution in [0.5, 0.6) is 5.75 Å². The highest BCUT2D eigenvalue weighted by atomic mass is 19.1. The van der Waals surface area contributed by atoms with Gasteiger partial charge in [0.15, 0.2) is 0 Å². The van der Waals surface area contributed by atoms with Crippen LogP contribution in [0.4, 0.5) is 4.39 Å². The van der Waals surface area contributed by atoms with Crippen molar-refractivity contribution in [3.05, 3.63) is 41.7 Å². The minimum Gasteiger partial charge on any atom is -0.494 e. The van der Waals surface area contributed by atoms with Gasteiger partial charge in [-0.2, -0.15) is 0 Å². The monoisotopic (exact) mass is 410 g/mol. The summed E-state index contributed by atoms with van der Waals surface area (Å²) in [6, 6.07) is 9.85. The predicted molar refractivity (Wildman–Crippen MR) is 125 cm³/mol. The fourth-order valence-electron chi connectivity index (χ4n) is 6.02. The second-order valence-electron chi connectivity index (χ2n) is 9.87. The van der Waals surface area contributed by atoms with E-state index in [4.69, 9.17) is 4.74 Å². The number of hydrogen-bond acceptors (Lipinski definition) is 1. The van der Waals surface area contributed by atoms with Gasteiger partial charge in [-0.3, -0.25) is 0 Å². The zero-order valence-electron chi connectivity index (χ0n) is 19.0. The average molecular weight is 411 g/mol. The highest BCUT2D eigenvalue weighted by molar-refractivity contribution is 5.85. The third-order valence-corrected chi connectivity index (χ3v) is 8.08. The van der Waals surface area contributed by atoms with E-state index in [1.807, 2.05) is 31.2 Å². The highest BCUT2D eigenvalue weighted by Gasteiger charge is 2.26. The van der Waals surface area contributed by atoms with E-state index >= 15 is 4.39 Å². The summed E-state index contributed by atoms with van der Waals surface area (Å²) in [7, 11) is 0. The molecule has 0 heterocycles. The zero-order valence-corrected chi connectivity index (χ0v) is 19.0.